The molecule has 18 heavy (non-hydrogen) atoms. The average Bonchev–Trinajstić information content (AvgIpc) is 2.39. The zero-order chi connectivity index (χ0) is 13.0. The second-order valence-electron chi connectivity index (χ2n) is 3.40. The van der Waals surface area contributed by atoms with E-state index in [9.17, 15) is 4.79 Å². The van der Waals surface area contributed by atoms with Crippen molar-refractivity contribution in [1.82, 2.24) is 5.43 Å². The van der Waals surface area contributed by atoms with Crippen LogP contribution in [0.3, 0.4) is 0 Å². The van der Waals surface area contributed by atoms with E-state index in [4.69, 9.17) is 21.1 Å². The summed E-state index contributed by atoms with van der Waals surface area (Å²) in [5.74, 6) is 1.76. The van der Waals surface area contributed by atoms with E-state index in [1.807, 2.05) is 12.1 Å². The third-order valence-corrected chi connectivity index (χ3v) is 3.17. The highest BCUT2D eigenvalue weighted by Gasteiger charge is 2.15. The Kier molecular flexibility index (Phi) is 4.33. The van der Waals surface area contributed by atoms with Crippen molar-refractivity contribution in [2.75, 3.05) is 18.9 Å². The highest BCUT2D eigenvalue weighted by atomic mass is 35.5. The first-order valence-electron chi connectivity index (χ1n) is 5.10. The van der Waals surface area contributed by atoms with Crippen molar-refractivity contribution in [1.29, 1.82) is 0 Å². The normalized spacial score (nSPS) is 14.8. The van der Waals surface area contributed by atoms with Crippen LogP contribution in [0.2, 0.25) is 0 Å². The summed E-state index contributed by atoms with van der Waals surface area (Å²) in [6.45, 7) is 0. The molecule has 0 saturated carbocycles. The molecule has 0 spiro atoms. The minimum Gasteiger partial charge on any atom is -0.497 e. The van der Waals surface area contributed by atoms with Crippen molar-refractivity contribution in [3.63, 3.8) is 0 Å². The van der Waals surface area contributed by atoms with Crippen LogP contribution in [-0.2, 0) is 0 Å². The van der Waals surface area contributed by atoms with E-state index in [-0.39, 0.29) is 11.3 Å². The summed E-state index contributed by atoms with van der Waals surface area (Å²) >= 11 is 6.70. The third-order valence-electron chi connectivity index (χ3n) is 2.29. The number of nitrogens with one attached hydrogen (secondary N) is 1. The number of hydrazone groups is 1. The maximum absolute atomic E-state index is 11.0. The molecule has 0 bridgehead atoms. The van der Waals surface area contributed by atoms with Gasteiger partial charge in [-0.05, 0) is 12.1 Å². The quantitative estimate of drug-likeness (QED) is 0.864. The van der Waals surface area contributed by atoms with Gasteiger partial charge in [0.1, 0.15) is 11.5 Å². The van der Waals surface area contributed by atoms with Crippen molar-refractivity contribution < 1.29 is 14.3 Å². The zero-order valence-electron chi connectivity index (χ0n) is 9.60. The van der Waals surface area contributed by atoms with Gasteiger partial charge in [0.05, 0.1) is 12.8 Å². The largest absolute Gasteiger partial charge is 0.497 e. The molecule has 0 fully saturated rings. The molecule has 1 heterocycles. The zero-order valence-corrected chi connectivity index (χ0v) is 11.2. The molecule has 1 aliphatic heterocycles. The number of amides is 1. The molecule has 1 aromatic rings. The number of ether oxygens (including phenoxy) is 2. The number of methoxy groups -OCH3 is 1. The lowest BCUT2D eigenvalue weighted by atomic mass is 10.1. The molecule has 0 aromatic heterocycles. The lowest BCUT2D eigenvalue weighted by Gasteiger charge is -2.13. The van der Waals surface area contributed by atoms with Crippen LogP contribution in [0, 0.1) is 0 Å². The third kappa shape index (κ3) is 3.08. The molecule has 0 saturated heterocycles. The summed E-state index contributed by atoms with van der Waals surface area (Å²) in [6, 6.07) is 5.44. The SMILES string of the molecule is COc1cc(OCCl)cc(C2=NNC(=O)SC2)c1. The van der Waals surface area contributed by atoms with E-state index in [1.165, 1.54) is 11.8 Å². The van der Waals surface area contributed by atoms with Crippen LogP contribution in [0.25, 0.3) is 0 Å². The number of hydrogen-bond acceptors (Lipinski definition) is 5. The maximum atomic E-state index is 11.0. The summed E-state index contributed by atoms with van der Waals surface area (Å²) in [4.78, 5) is 11.0. The Morgan fingerprint density at radius 3 is 2.83 bits per heavy atom. The number of nitrogens with zero attached hydrogens (tertiary/aromatic N) is 1. The van der Waals surface area contributed by atoms with Crippen molar-refractivity contribution in [3.8, 4) is 11.5 Å². The summed E-state index contributed by atoms with van der Waals surface area (Å²) in [6.07, 6.45) is 0. The number of thioether (sulfide) groups is 1. The van der Waals surface area contributed by atoms with Crippen molar-refractivity contribution >= 4 is 34.3 Å². The van der Waals surface area contributed by atoms with E-state index >= 15 is 0 Å². The van der Waals surface area contributed by atoms with Crippen LogP contribution < -0.4 is 14.9 Å². The van der Waals surface area contributed by atoms with Crippen LogP contribution in [0.15, 0.2) is 23.3 Å². The van der Waals surface area contributed by atoms with Crippen molar-refractivity contribution in [3.05, 3.63) is 23.8 Å². The Hall–Kier alpha value is -1.40. The van der Waals surface area contributed by atoms with Crippen molar-refractivity contribution in [2.45, 2.75) is 0 Å². The average molecular weight is 287 g/mol. The Bertz CT molecular complexity index is 493. The summed E-state index contributed by atoms with van der Waals surface area (Å²) in [5.41, 5.74) is 4.02. The minimum atomic E-state index is -0.154. The molecule has 5 nitrogen and oxygen atoms in total. The van der Waals surface area contributed by atoms with Gasteiger partial charge in [0, 0.05) is 17.4 Å². The number of carbonyl (C=O) groups is 1. The highest BCUT2D eigenvalue weighted by molar-refractivity contribution is 8.14. The van der Waals surface area contributed by atoms with Gasteiger partial charge < -0.3 is 9.47 Å². The van der Waals surface area contributed by atoms with Crippen LogP contribution in [0.1, 0.15) is 5.56 Å². The number of carbonyl (C=O) groups excluding carboxylic acids is 1. The van der Waals surface area contributed by atoms with E-state index in [2.05, 4.69) is 10.5 Å². The van der Waals surface area contributed by atoms with Gasteiger partial charge >= 0.3 is 0 Å². The van der Waals surface area contributed by atoms with Gasteiger partial charge in [-0.15, -0.1) is 0 Å². The van der Waals surface area contributed by atoms with Gasteiger partial charge in [-0.2, -0.15) is 5.10 Å². The van der Waals surface area contributed by atoms with Crippen LogP contribution in [-0.4, -0.2) is 29.9 Å². The van der Waals surface area contributed by atoms with Gasteiger partial charge in [0.2, 0.25) is 0 Å². The number of rotatable bonds is 4. The summed E-state index contributed by atoms with van der Waals surface area (Å²) in [7, 11) is 1.57. The monoisotopic (exact) mass is 286 g/mol. The van der Waals surface area contributed by atoms with Crippen LogP contribution >= 0.6 is 23.4 Å². The topological polar surface area (TPSA) is 59.9 Å². The van der Waals surface area contributed by atoms with Crippen molar-refractivity contribution in [2.24, 2.45) is 5.10 Å². The maximum Gasteiger partial charge on any atom is 0.299 e. The molecule has 1 amide bonds. The molecule has 1 aromatic carbocycles. The smallest absolute Gasteiger partial charge is 0.299 e. The molecular formula is C11H11ClN2O3S. The lowest BCUT2D eigenvalue weighted by molar-refractivity contribution is 0.261. The first-order valence-corrected chi connectivity index (χ1v) is 6.62. The predicted octanol–water partition coefficient (Wildman–Crippen LogP) is 2.43. The highest BCUT2D eigenvalue weighted by Crippen LogP contribution is 2.25. The van der Waals surface area contributed by atoms with Gasteiger partial charge in [-0.25, -0.2) is 5.43 Å². The van der Waals surface area contributed by atoms with Crippen LogP contribution in [0.4, 0.5) is 4.79 Å². The number of alkyl halides is 1. The molecule has 96 valence electrons. The summed E-state index contributed by atoms with van der Waals surface area (Å²) in [5, 5.41) is 3.86. The van der Waals surface area contributed by atoms with E-state index in [0.717, 1.165) is 11.3 Å². The lowest BCUT2D eigenvalue weighted by Crippen LogP contribution is -2.23. The molecular weight excluding hydrogens is 276 g/mol. The molecule has 0 aliphatic carbocycles. The Labute approximate surface area is 113 Å². The summed E-state index contributed by atoms with van der Waals surface area (Å²) < 4.78 is 10.4. The number of benzene rings is 1. The second-order valence-corrected chi connectivity index (χ2v) is 4.56. The van der Waals surface area contributed by atoms with Crippen LogP contribution in [0.5, 0.6) is 11.5 Å². The standard InChI is InChI=1S/C11H11ClN2O3S/c1-16-8-2-7(3-9(4-8)17-6-12)10-5-18-11(15)14-13-10/h2-4H,5-6H2,1H3,(H,14,15). The Balaban J connectivity index is 2.31. The predicted molar refractivity (Wildman–Crippen MR) is 71.9 cm³/mol. The Morgan fingerprint density at radius 2 is 2.22 bits per heavy atom. The Morgan fingerprint density at radius 1 is 1.44 bits per heavy atom. The van der Waals surface area contributed by atoms with Gasteiger partial charge in [0.15, 0.2) is 6.07 Å². The molecule has 7 heteroatoms. The first kappa shape index (κ1) is 13.0. The fourth-order valence-corrected chi connectivity index (χ4v) is 2.20. The fraction of sp³-hybridized carbons (Fsp3) is 0.273. The van der Waals surface area contributed by atoms with Gasteiger partial charge in [-0.1, -0.05) is 23.4 Å². The first-order chi connectivity index (χ1) is 8.72. The van der Waals surface area contributed by atoms with Gasteiger partial charge in [-0.3, -0.25) is 4.79 Å². The molecule has 0 radical (unpaired) electrons. The number of hydrogen-bond donors (Lipinski definition) is 1. The minimum absolute atomic E-state index is 0.0601. The molecule has 0 unspecified atom stereocenters. The van der Waals surface area contributed by atoms with E-state index < -0.39 is 0 Å². The second kappa shape index (κ2) is 5.97. The fourth-order valence-electron chi connectivity index (χ4n) is 1.46. The van der Waals surface area contributed by atoms with E-state index in [0.29, 0.717) is 17.3 Å². The molecule has 2 rings (SSSR count). The molecule has 1 N–H and O–H groups in total. The molecule has 1 aliphatic rings. The van der Waals surface area contributed by atoms with E-state index in [1.54, 1.807) is 13.2 Å². The number of halogens is 1. The van der Waals surface area contributed by atoms with Gasteiger partial charge in [0.25, 0.3) is 5.24 Å². The molecule has 0 atom stereocenters.